The van der Waals surface area contributed by atoms with E-state index >= 15 is 0 Å². The highest BCUT2D eigenvalue weighted by Gasteiger charge is 2.34. The van der Waals surface area contributed by atoms with Crippen LogP contribution in [0.4, 0.5) is 18.9 Å². The van der Waals surface area contributed by atoms with Crippen LogP contribution in [-0.2, 0) is 6.18 Å². The highest BCUT2D eigenvalue weighted by molar-refractivity contribution is 6.30. The maximum Gasteiger partial charge on any atom is 0.418 e. The summed E-state index contributed by atoms with van der Waals surface area (Å²) in [5.41, 5.74) is -0.617. The number of hydrogen-bond acceptors (Lipinski definition) is 2. The van der Waals surface area contributed by atoms with E-state index in [2.05, 4.69) is 10.6 Å². The summed E-state index contributed by atoms with van der Waals surface area (Å²) in [6, 6.07) is 4.18. The third-order valence-corrected chi connectivity index (χ3v) is 3.97. The maximum atomic E-state index is 13.0. The SMILES string of the molecule is CC(CC1CCCCN1)Nc1ccc(Cl)cc1C(F)(F)F. The molecule has 1 aliphatic heterocycles. The molecule has 0 bridgehead atoms. The van der Waals surface area contributed by atoms with Crippen molar-refractivity contribution in [1.82, 2.24) is 5.32 Å². The van der Waals surface area contributed by atoms with Crippen LogP contribution in [0.15, 0.2) is 18.2 Å². The van der Waals surface area contributed by atoms with E-state index in [1.165, 1.54) is 25.0 Å². The van der Waals surface area contributed by atoms with Gasteiger partial charge < -0.3 is 10.6 Å². The summed E-state index contributed by atoms with van der Waals surface area (Å²) in [5, 5.41) is 6.47. The first-order chi connectivity index (χ1) is 9.86. The first kappa shape index (κ1) is 16.4. The van der Waals surface area contributed by atoms with Gasteiger partial charge in [-0.05, 0) is 50.9 Å². The van der Waals surface area contributed by atoms with Crippen LogP contribution in [0.3, 0.4) is 0 Å². The van der Waals surface area contributed by atoms with E-state index in [1.54, 1.807) is 0 Å². The first-order valence-corrected chi connectivity index (χ1v) is 7.60. The van der Waals surface area contributed by atoms with Crippen molar-refractivity contribution in [1.29, 1.82) is 0 Å². The van der Waals surface area contributed by atoms with Crippen molar-refractivity contribution in [2.45, 2.75) is 50.9 Å². The summed E-state index contributed by atoms with van der Waals surface area (Å²) in [7, 11) is 0. The molecule has 2 rings (SSSR count). The van der Waals surface area contributed by atoms with Crippen molar-refractivity contribution in [2.75, 3.05) is 11.9 Å². The summed E-state index contributed by atoms with van der Waals surface area (Å²) in [6.07, 6.45) is -0.165. The Morgan fingerprint density at radius 3 is 2.76 bits per heavy atom. The normalized spacial score (nSPS) is 21.1. The van der Waals surface area contributed by atoms with E-state index in [0.29, 0.717) is 6.04 Å². The fourth-order valence-corrected chi connectivity index (χ4v) is 2.93. The van der Waals surface area contributed by atoms with Gasteiger partial charge in [0, 0.05) is 22.8 Å². The van der Waals surface area contributed by atoms with Gasteiger partial charge >= 0.3 is 6.18 Å². The van der Waals surface area contributed by atoms with E-state index < -0.39 is 11.7 Å². The average Bonchev–Trinajstić information content (AvgIpc) is 2.40. The Bertz CT molecular complexity index is 470. The smallest absolute Gasteiger partial charge is 0.382 e. The lowest BCUT2D eigenvalue weighted by atomic mass is 9.98. The molecule has 6 heteroatoms. The second kappa shape index (κ2) is 6.88. The molecule has 0 amide bonds. The predicted molar refractivity (Wildman–Crippen MR) is 79.8 cm³/mol. The lowest BCUT2D eigenvalue weighted by molar-refractivity contribution is -0.137. The zero-order chi connectivity index (χ0) is 15.5. The molecule has 1 saturated heterocycles. The molecule has 0 aromatic heterocycles. The van der Waals surface area contributed by atoms with E-state index in [0.717, 1.165) is 25.5 Å². The van der Waals surface area contributed by atoms with Crippen LogP contribution in [-0.4, -0.2) is 18.6 Å². The van der Waals surface area contributed by atoms with Crippen molar-refractivity contribution < 1.29 is 13.2 Å². The number of rotatable bonds is 4. The summed E-state index contributed by atoms with van der Waals surface area (Å²) < 4.78 is 39.1. The Hall–Kier alpha value is -0.940. The zero-order valence-corrected chi connectivity index (χ0v) is 12.7. The second-order valence-electron chi connectivity index (χ2n) is 5.62. The third-order valence-electron chi connectivity index (χ3n) is 3.74. The summed E-state index contributed by atoms with van der Waals surface area (Å²) in [4.78, 5) is 0. The molecule has 0 saturated carbocycles. The number of hydrogen-bond donors (Lipinski definition) is 2. The van der Waals surface area contributed by atoms with Crippen LogP contribution in [0.5, 0.6) is 0 Å². The molecule has 1 heterocycles. The van der Waals surface area contributed by atoms with E-state index in [-0.39, 0.29) is 16.8 Å². The van der Waals surface area contributed by atoms with E-state index in [4.69, 9.17) is 11.6 Å². The molecule has 21 heavy (non-hydrogen) atoms. The van der Waals surface area contributed by atoms with Crippen LogP contribution in [0, 0.1) is 0 Å². The molecule has 0 aliphatic carbocycles. The van der Waals surface area contributed by atoms with Crippen molar-refractivity contribution >= 4 is 17.3 Å². The zero-order valence-electron chi connectivity index (χ0n) is 11.9. The Morgan fingerprint density at radius 1 is 1.38 bits per heavy atom. The minimum atomic E-state index is -4.41. The van der Waals surface area contributed by atoms with Crippen molar-refractivity contribution in [3.63, 3.8) is 0 Å². The molecule has 1 aromatic rings. The van der Waals surface area contributed by atoms with Gasteiger partial charge in [-0.3, -0.25) is 0 Å². The van der Waals surface area contributed by atoms with Gasteiger partial charge in [0.15, 0.2) is 0 Å². The van der Waals surface area contributed by atoms with Gasteiger partial charge in [-0.1, -0.05) is 18.0 Å². The highest BCUT2D eigenvalue weighted by atomic mass is 35.5. The predicted octanol–water partition coefficient (Wildman–Crippen LogP) is 4.69. The third kappa shape index (κ3) is 4.78. The summed E-state index contributed by atoms with van der Waals surface area (Å²) in [6.45, 7) is 2.90. The minimum Gasteiger partial charge on any atom is -0.382 e. The first-order valence-electron chi connectivity index (χ1n) is 7.23. The number of piperidine rings is 1. The van der Waals surface area contributed by atoms with E-state index in [1.807, 2.05) is 6.92 Å². The second-order valence-corrected chi connectivity index (χ2v) is 6.05. The van der Waals surface area contributed by atoms with Crippen LogP contribution in [0.25, 0.3) is 0 Å². The van der Waals surface area contributed by atoms with Crippen LogP contribution in [0.2, 0.25) is 5.02 Å². The lowest BCUT2D eigenvalue weighted by Crippen LogP contribution is -2.37. The number of anilines is 1. The molecule has 2 nitrogen and oxygen atoms in total. The minimum absolute atomic E-state index is 0.0390. The Kier molecular flexibility index (Phi) is 5.38. The number of alkyl halides is 3. The Labute approximate surface area is 128 Å². The van der Waals surface area contributed by atoms with Gasteiger partial charge in [-0.2, -0.15) is 13.2 Å². The fraction of sp³-hybridized carbons (Fsp3) is 0.600. The van der Waals surface area contributed by atoms with Gasteiger partial charge in [-0.15, -0.1) is 0 Å². The molecule has 2 unspecified atom stereocenters. The molecule has 0 spiro atoms. The molecular weight excluding hydrogens is 301 g/mol. The standard InChI is InChI=1S/C15H20ClF3N2/c1-10(8-12-4-2-3-7-20-12)21-14-6-5-11(16)9-13(14)15(17,18)19/h5-6,9-10,12,20-21H,2-4,7-8H2,1H3. The van der Waals surface area contributed by atoms with Gasteiger partial charge in [0.25, 0.3) is 0 Å². The van der Waals surface area contributed by atoms with Crippen LogP contribution < -0.4 is 10.6 Å². The van der Waals surface area contributed by atoms with Crippen molar-refractivity contribution in [3.8, 4) is 0 Å². The van der Waals surface area contributed by atoms with Gasteiger partial charge in [-0.25, -0.2) is 0 Å². The Morgan fingerprint density at radius 2 is 2.14 bits per heavy atom. The van der Waals surface area contributed by atoms with E-state index in [9.17, 15) is 13.2 Å². The number of benzene rings is 1. The summed E-state index contributed by atoms with van der Waals surface area (Å²) in [5.74, 6) is 0. The largest absolute Gasteiger partial charge is 0.418 e. The lowest BCUT2D eigenvalue weighted by Gasteiger charge is -2.27. The van der Waals surface area contributed by atoms with Gasteiger partial charge in [0.05, 0.1) is 5.56 Å². The van der Waals surface area contributed by atoms with Gasteiger partial charge in [0.1, 0.15) is 0 Å². The highest BCUT2D eigenvalue weighted by Crippen LogP contribution is 2.36. The quantitative estimate of drug-likeness (QED) is 0.841. The van der Waals surface area contributed by atoms with Crippen molar-refractivity contribution in [3.05, 3.63) is 28.8 Å². The molecule has 1 aromatic carbocycles. The Balaban J connectivity index is 2.04. The molecule has 118 valence electrons. The average molecular weight is 321 g/mol. The monoisotopic (exact) mass is 320 g/mol. The fourth-order valence-electron chi connectivity index (χ4n) is 2.75. The van der Waals surface area contributed by atoms with Crippen molar-refractivity contribution in [2.24, 2.45) is 0 Å². The topological polar surface area (TPSA) is 24.1 Å². The number of nitrogens with one attached hydrogen (secondary N) is 2. The van der Waals surface area contributed by atoms with Gasteiger partial charge in [0.2, 0.25) is 0 Å². The van der Waals surface area contributed by atoms with Crippen LogP contribution >= 0.6 is 11.6 Å². The molecule has 1 aliphatic rings. The number of halogens is 4. The van der Waals surface area contributed by atoms with Crippen LogP contribution in [0.1, 0.15) is 38.2 Å². The molecule has 2 N–H and O–H groups in total. The molecule has 2 atom stereocenters. The summed E-state index contributed by atoms with van der Waals surface area (Å²) >= 11 is 5.68. The molecule has 0 radical (unpaired) electrons. The molecule has 1 fully saturated rings. The molecular formula is C15H20ClF3N2. The maximum absolute atomic E-state index is 13.0.